The SMILES string of the molecule is NC(CO)c1nc(C2CCOCC2)no1. The van der Waals surface area contributed by atoms with E-state index in [0.29, 0.717) is 17.6 Å². The topological polar surface area (TPSA) is 94.4 Å². The quantitative estimate of drug-likeness (QED) is 0.731. The van der Waals surface area contributed by atoms with E-state index in [2.05, 4.69) is 10.1 Å². The highest BCUT2D eigenvalue weighted by molar-refractivity contribution is 4.98. The van der Waals surface area contributed by atoms with Crippen molar-refractivity contribution in [3.8, 4) is 0 Å². The average molecular weight is 213 g/mol. The molecule has 0 saturated carbocycles. The van der Waals surface area contributed by atoms with Gasteiger partial charge in [0.25, 0.3) is 0 Å². The molecule has 6 heteroatoms. The number of ether oxygens (including phenoxy) is 1. The largest absolute Gasteiger partial charge is 0.394 e. The third-order valence-electron chi connectivity index (χ3n) is 2.56. The molecule has 1 atom stereocenters. The van der Waals surface area contributed by atoms with Crippen LogP contribution >= 0.6 is 0 Å². The third kappa shape index (κ3) is 2.34. The lowest BCUT2D eigenvalue weighted by Gasteiger charge is -2.18. The summed E-state index contributed by atoms with van der Waals surface area (Å²) in [6.07, 6.45) is 1.82. The first-order valence-electron chi connectivity index (χ1n) is 5.09. The smallest absolute Gasteiger partial charge is 0.245 e. The molecule has 1 aliphatic heterocycles. The van der Waals surface area contributed by atoms with Gasteiger partial charge in [0.05, 0.1) is 6.61 Å². The first-order valence-corrected chi connectivity index (χ1v) is 5.09. The van der Waals surface area contributed by atoms with Crippen molar-refractivity contribution in [2.45, 2.75) is 24.8 Å². The van der Waals surface area contributed by atoms with Gasteiger partial charge in [-0.05, 0) is 12.8 Å². The Morgan fingerprint density at radius 3 is 2.87 bits per heavy atom. The molecule has 15 heavy (non-hydrogen) atoms. The van der Waals surface area contributed by atoms with Gasteiger partial charge < -0.3 is 20.1 Å². The Morgan fingerprint density at radius 1 is 1.47 bits per heavy atom. The summed E-state index contributed by atoms with van der Waals surface area (Å²) in [5.74, 6) is 1.28. The molecule has 0 aliphatic carbocycles. The maximum Gasteiger partial charge on any atom is 0.245 e. The lowest BCUT2D eigenvalue weighted by atomic mass is 10.00. The van der Waals surface area contributed by atoms with Crippen LogP contribution in [0.1, 0.15) is 36.5 Å². The summed E-state index contributed by atoms with van der Waals surface area (Å²) in [4.78, 5) is 4.19. The number of aliphatic hydroxyl groups is 1. The molecule has 0 aromatic carbocycles. The predicted molar refractivity (Wildman–Crippen MR) is 51.1 cm³/mol. The van der Waals surface area contributed by atoms with Crippen molar-refractivity contribution < 1.29 is 14.4 Å². The lowest BCUT2D eigenvalue weighted by Crippen LogP contribution is -2.17. The van der Waals surface area contributed by atoms with Gasteiger partial charge in [-0.3, -0.25) is 0 Å². The van der Waals surface area contributed by atoms with E-state index in [4.69, 9.17) is 20.1 Å². The van der Waals surface area contributed by atoms with Crippen LogP contribution in [0.5, 0.6) is 0 Å². The molecule has 1 aromatic heterocycles. The van der Waals surface area contributed by atoms with Crippen LogP contribution in [0.4, 0.5) is 0 Å². The van der Waals surface area contributed by atoms with Crippen molar-refractivity contribution in [1.82, 2.24) is 10.1 Å². The summed E-state index contributed by atoms with van der Waals surface area (Å²) in [7, 11) is 0. The zero-order valence-electron chi connectivity index (χ0n) is 8.43. The Balaban J connectivity index is 2.05. The van der Waals surface area contributed by atoms with Crippen LogP contribution in [0.25, 0.3) is 0 Å². The summed E-state index contributed by atoms with van der Waals surface area (Å²) in [6, 6.07) is -0.578. The highest BCUT2D eigenvalue weighted by atomic mass is 16.5. The van der Waals surface area contributed by atoms with Crippen molar-refractivity contribution in [3.05, 3.63) is 11.7 Å². The molecule has 0 radical (unpaired) electrons. The molecule has 0 bridgehead atoms. The maximum absolute atomic E-state index is 8.84. The van der Waals surface area contributed by atoms with E-state index in [1.165, 1.54) is 0 Å². The number of hydrogen-bond donors (Lipinski definition) is 2. The zero-order valence-corrected chi connectivity index (χ0v) is 8.43. The van der Waals surface area contributed by atoms with Gasteiger partial charge in [-0.2, -0.15) is 4.98 Å². The molecule has 1 aliphatic rings. The van der Waals surface area contributed by atoms with Crippen molar-refractivity contribution in [2.24, 2.45) is 5.73 Å². The molecule has 0 spiro atoms. The highest BCUT2D eigenvalue weighted by Gasteiger charge is 2.22. The number of aliphatic hydroxyl groups excluding tert-OH is 1. The fourth-order valence-corrected chi connectivity index (χ4v) is 1.60. The number of aromatic nitrogens is 2. The number of nitrogens with zero attached hydrogens (tertiary/aromatic N) is 2. The minimum atomic E-state index is -0.578. The molecule has 1 aromatic rings. The Kier molecular flexibility index (Phi) is 3.30. The number of nitrogens with two attached hydrogens (primary N) is 1. The van der Waals surface area contributed by atoms with Crippen LogP contribution in [-0.4, -0.2) is 35.1 Å². The molecule has 1 unspecified atom stereocenters. The summed E-state index contributed by atoms with van der Waals surface area (Å²) < 4.78 is 10.2. The molecule has 1 fully saturated rings. The van der Waals surface area contributed by atoms with Gasteiger partial charge in [0.1, 0.15) is 6.04 Å². The van der Waals surface area contributed by atoms with E-state index in [-0.39, 0.29) is 6.61 Å². The fourth-order valence-electron chi connectivity index (χ4n) is 1.60. The van der Waals surface area contributed by atoms with Crippen LogP contribution in [0.3, 0.4) is 0 Å². The lowest BCUT2D eigenvalue weighted by molar-refractivity contribution is 0.0830. The van der Waals surface area contributed by atoms with Gasteiger partial charge in [-0.1, -0.05) is 5.16 Å². The molecule has 2 heterocycles. The van der Waals surface area contributed by atoms with Crippen LogP contribution in [0.2, 0.25) is 0 Å². The predicted octanol–water partition coefficient (Wildman–Crippen LogP) is -0.0443. The summed E-state index contributed by atoms with van der Waals surface area (Å²) in [6.45, 7) is 1.29. The van der Waals surface area contributed by atoms with Gasteiger partial charge >= 0.3 is 0 Å². The first kappa shape index (κ1) is 10.5. The zero-order chi connectivity index (χ0) is 10.7. The van der Waals surface area contributed by atoms with Crippen molar-refractivity contribution >= 4 is 0 Å². The molecule has 84 valence electrons. The summed E-state index contributed by atoms with van der Waals surface area (Å²) >= 11 is 0. The normalized spacial score (nSPS) is 20.4. The van der Waals surface area contributed by atoms with E-state index in [0.717, 1.165) is 26.1 Å². The van der Waals surface area contributed by atoms with E-state index in [1.807, 2.05) is 0 Å². The second-order valence-electron chi connectivity index (χ2n) is 3.67. The van der Waals surface area contributed by atoms with Crippen LogP contribution in [-0.2, 0) is 4.74 Å². The van der Waals surface area contributed by atoms with E-state index in [9.17, 15) is 0 Å². The molecule has 3 N–H and O–H groups in total. The van der Waals surface area contributed by atoms with E-state index < -0.39 is 6.04 Å². The average Bonchev–Trinajstić information content (AvgIpc) is 2.78. The molecular formula is C9H15N3O3. The molecule has 6 nitrogen and oxygen atoms in total. The van der Waals surface area contributed by atoms with Gasteiger partial charge in [0.15, 0.2) is 5.82 Å². The molecular weight excluding hydrogens is 198 g/mol. The minimum absolute atomic E-state index is 0.185. The van der Waals surface area contributed by atoms with Crippen LogP contribution < -0.4 is 5.73 Å². The third-order valence-corrected chi connectivity index (χ3v) is 2.56. The van der Waals surface area contributed by atoms with Gasteiger partial charge in [0.2, 0.25) is 5.89 Å². The van der Waals surface area contributed by atoms with Gasteiger partial charge in [-0.15, -0.1) is 0 Å². The fraction of sp³-hybridized carbons (Fsp3) is 0.778. The Labute approximate surface area is 87.4 Å². The van der Waals surface area contributed by atoms with E-state index >= 15 is 0 Å². The second kappa shape index (κ2) is 4.69. The summed E-state index contributed by atoms with van der Waals surface area (Å²) in [5.41, 5.74) is 5.57. The summed E-state index contributed by atoms with van der Waals surface area (Å²) in [5, 5.41) is 12.7. The van der Waals surface area contributed by atoms with Gasteiger partial charge in [-0.25, -0.2) is 0 Å². The highest BCUT2D eigenvalue weighted by Crippen LogP contribution is 2.24. The van der Waals surface area contributed by atoms with E-state index in [1.54, 1.807) is 0 Å². The number of hydrogen-bond acceptors (Lipinski definition) is 6. The number of rotatable bonds is 3. The molecule has 2 rings (SSSR count). The Bertz CT molecular complexity index is 309. The van der Waals surface area contributed by atoms with Crippen molar-refractivity contribution in [3.63, 3.8) is 0 Å². The van der Waals surface area contributed by atoms with Gasteiger partial charge in [0, 0.05) is 19.1 Å². The molecule has 1 saturated heterocycles. The Morgan fingerprint density at radius 2 is 2.20 bits per heavy atom. The first-order chi connectivity index (χ1) is 7.31. The molecule has 0 amide bonds. The van der Waals surface area contributed by atoms with Crippen molar-refractivity contribution in [1.29, 1.82) is 0 Å². The Hall–Kier alpha value is -0.980. The van der Waals surface area contributed by atoms with Crippen LogP contribution in [0, 0.1) is 0 Å². The maximum atomic E-state index is 8.84. The standard InChI is InChI=1S/C9H15N3O3/c10-7(5-13)9-11-8(12-15-9)6-1-3-14-4-2-6/h6-7,13H,1-5,10H2. The second-order valence-corrected chi connectivity index (χ2v) is 3.67. The van der Waals surface area contributed by atoms with Crippen LogP contribution in [0.15, 0.2) is 4.52 Å². The van der Waals surface area contributed by atoms with Crippen molar-refractivity contribution in [2.75, 3.05) is 19.8 Å². The monoisotopic (exact) mass is 213 g/mol. The minimum Gasteiger partial charge on any atom is -0.394 e.